The van der Waals surface area contributed by atoms with Gasteiger partial charge < -0.3 is 15.8 Å². The molecule has 0 aromatic heterocycles. The lowest BCUT2D eigenvalue weighted by molar-refractivity contribution is 0.185. The van der Waals surface area contributed by atoms with E-state index in [4.69, 9.17) is 10.5 Å². The second kappa shape index (κ2) is 8.67. The Kier molecular flexibility index (Phi) is 6.84. The summed E-state index contributed by atoms with van der Waals surface area (Å²) in [6, 6.07) is 18.9. The molecule has 0 saturated heterocycles. The minimum Gasteiger partial charge on any atom is -0.380 e. The number of benzene rings is 2. The van der Waals surface area contributed by atoms with Crippen LogP contribution in [-0.4, -0.2) is 19.1 Å². The van der Waals surface area contributed by atoms with Crippen molar-refractivity contribution in [2.45, 2.75) is 37.8 Å². The fourth-order valence-corrected chi connectivity index (χ4v) is 3.44. The van der Waals surface area contributed by atoms with Gasteiger partial charge in [0.25, 0.3) is 0 Å². The average molecular weight is 451 g/mol. The van der Waals surface area contributed by atoms with Gasteiger partial charge in [-0.1, -0.05) is 55.5 Å². The predicted octanol–water partition coefficient (Wildman–Crippen LogP) is 4.30. The second-order valence-electron chi connectivity index (χ2n) is 6.72. The summed E-state index contributed by atoms with van der Waals surface area (Å²) in [5.74, 6) is 0.471. The predicted molar refractivity (Wildman–Crippen MR) is 115 cm³/mol. The molecule has 1 aliphatic rings. The molecule has 25 heavy (non-hydrogen) atoms. The third-order valence-electron chi connectivity index (χ3n) is 4.74. The average Bonchev–Trinajstić information content (AvgIpc) is 2.56. The largest absolute Gasteiger partial charge is 0.380 e. The van der Waals surface area contributed by atoms with Crippen LogP contribution in [0.1, 0.15) is 30.9 Å². The van der Waals surface area contributed by atoms with Crippen LogP contribution in [0.25, 0.3) is 0 Å². The number of hydrogen-bond donors (Lipinski definition) is 2. The third kappa shape index (κ3) is 4.73. The molecular formula is C20H26IN3O. The molecule has 4 nitrogen and oxygen atoms in total. The highest BCUT2D eigenvalue weighted by Crippen LogP contribution is 2.44. The topological polar surface area (TPSA) is 59.6 Å². The molecule has 3 rings (SSSR count). The second-order valence-corrected chi connectivity index (χ2v) is 6.72. The summed E-state index contributed by atoms with van der Waals surface area (Å²) in [5, 5.41) is 3.21. The van der Waals surface area contributed by atoms with Gasteiger partial charge in [-0.15, -0.1) is 24.0 Å². The van der Waals surface area contributed by atoms with Gasteiger partial charge in [-0.3, -0.25) is 0 Å². The van der Waals surface area contributed by atoms with Crippen molar-refractivity contribution in [1.29, 1.82) is 0 Å². The number of nitrogens with two attached hydrogens (primary N) is 1. The van der Waals surface area contributed by atoms with Crippen molar-refractivity contribution in [3.8, 4) is 0 Å². The van der Waals surface area contributed by atoms with E-state index in [9.17, 15) is 0 Å². The minimum atomic E-state index is 0. The molecule has 0 heterocycles. The first-order chi connectivity index (χ1) is 11.6. The maximum atomic E-state index is 6.11. The number of anilines is 1. The van der Waals surface area contributed by atoms with Gasteiger partial charge in [0.15, 0.2) is 5.96 Å². The van der Waals surface area contributed by atoms with Crippen LogP contribution in [0.5, 0.6) is 0 Å². The summed E-state index contributed by atoms with van der Waals surface area (Å²) in [5.41, 5.74) is 9.72. The summed E-state index contributed by atoms with van der Waals surface area (Å²) in [6.07, 6.45) is 2.05. The van der Waals surface area contributed by atoms with Crippen LogP contribution in [0.3, 0.4) is 0 Å². The quantitative estimate of drug-likeness (QED) is 0.405. The summed E-state index contributed by atoms with van der Waals surface area (Å²) in [6.45, 7) is 2.85. The molecule has 1 fully saturated rings. The normalized spacial score (nSPS) is 22.6. The molecule has 3 N–H and O–H groups in total. The van der Waals surface area contributed by atoms with E-state index in [0.29, 0.717) is 12.6 Å². The van der Waals surface area contributed by atoms with Crippen LogP contribution in [0, 0.1) is 0 Å². The Morgan fingerprint density at radius 2 is 1.80 bits per heavy atom. The van der Waals surface area contributed by atoms with Crippen molar-refractivity contribution in [2.75, 3.05) is 12.4 Å². The Labute approximate surface area is 166 Å². The van der Waals surface area contributed by atoms with Crippen LogP contribution >= 0.6 is 24.0 Å². The van der Waals surface area contributed by atoms with Crippen molar-refractivity contribution >= 4 is 35.6 Å². The van der Waals surface area contributed by atoms with E-state index in [1.54, 1.807) is 7.11 Å². The number of aliphatic imine (C=N–C) groups is 1. The van der Waals surface area contributed by atoms with Crippen LogP contribution in [-0.2, 0) is 16.8 Å². The number of para-hydroxylation sites is 1. The van der Waals surface area contributed by atoms with Gasteiger partial charge in [-0.2, -0.15) is 0 Å². The molecule has 0 unspecified atom stereocenters. The van der Waals surface area contributed by atoms with Gasteiger partial charge >= 0.3 is 0 Å². The molecule has 0 amide bonds. The van der Waals surface area contributed by atoms with Gasteiger partial charge in [0.05, 0.1) is 12.6 Å². The monoisotopic (exact) mass is 451 g/mol. The fourth-order valence-electron chi connectivity index (χ4n) is 3.44. The van der Waals surface area contributed by atoms with Crippen molar-refractivity contribution < 1.29 is 4.74 Å². The number of methoxy groups -OCH3 is 1. The summed E-state index contributed by atoms with van der Waals surface area (Å²) in [7, 11) is 1.69. The Bertz CT molecular complexity index is 712. The molecule has 0 aliphatic heterocycles. The van der Waals surface area contributed by atoms with Crippen molar-refractivity contribution in [3.05, 3.63) is 65.7 Å². The molecule has 0 atom stereocenters. The standard InChI is InChI=1S/C20H25N3O.HI/c1-20(16-9-4-3-5-10-16)12-17(13-20)22-19(21)23-18-11-7-6-8-15(18)14-24-2;/h3-11,17H,12-14H2,1-2H3,(H3,21,22,23);1H. The number of nitrogens with zero attached hydrogens (tertiary/aromatic N) is 1. The lowest BCUT2D eigenvalue weighted by atomic mass is 9.63. The number of ether oxygens (including phenoxy) is 1. The number of rotatable bonds is 5. The highest BCUT2D eigenvalue weighted by atomic mass is 127. The third-order valence-corrected chi connectivity index (χ3v) is 4.74. The lowest BCUT2D eigenvalue weighted by Crippen LogP contribution is -2.42. The van der Waals surface area contributed by atoms with E-state index < -0.39 is 0 Å². The molecule has 2 aromatic rings. The van der Waals surface area contributed by atoms with Gasteiger partial charge in [-0.25, -0.2) is 4.99 Å². The van der Waals surface area contributed by atoms with E-state index in [2.05, 4.69) is 47.6 Å². The zero-order chi connectivity index (χ0) is 17.0. The van der Waals surface area contributed by atoms with E-state index in [1.807, 2.05) is 24.3 Å². The summed E-state index contributed by atoms with van der Waals surface area (Å²) in [4.78, 5) is 4.64. The van der Waals surface area contributed by atoms with Crippen LogP contribution in [0.2, 0.25) is 0 Å². The van der Waals surface area contributed by atoms with Gasteiger partial charge in [0.2, 0.25) is 0 Å². The fraction of sp³-hybridized carbons (Fsp3) is 0.350. The molecule has 0 spiro atoms. The molecule has 0 radical (unpaired) electrons. The molecule has 1 saturated carbocycles. The molecular weight excluding hydrogens is 425 g/mol. The first kappa shape index (κ1) is 19.7. The van der Waals surface area contributed by atoms with Crippen LogP contribution in [0.15, 0.2) is 59.6 Å². The number of hydrogen-bond acceptors (Lipinski definition) is 2. The summed E-state index contributed by atoms with van der Waals surface area (Å²) < 4.78 is 5.22. The minimum absolute atomic E-state index is 0. The first-order valence-electron chi connectivity index (χ1n) is 8.33. The zero-order valence-electron chi connectivity index (χ0n) is 14.7. The summed E-state index contributed by atoms with van der Waals surface area (Å²) >= 11 is 0. The smallest absolute Gasteiger partial charge is 0.193 e. The molecule has 134 valence electrons. The van der Waals surface area contributed by atoms with E-state index in [-0.39, 0.29) is 35.4 Å². The number of nitrogens with one attached hydrogen (secondary N) is 1. The first-order valence-corrected chi connectivity index (χ1v) is 8.33. The van der Waals surface area contributed by atoms with E-state index >= 15 is 0 Å². The van der Waals surface area contributed by atoms with Gasteiger partial charge in [-0.05, 0) is 29.9 Å². The molecule has 5 heteroatoms. The number of guanidine groups is 1. The number of halogens is 1. The Morgan fingerprint density at radius 3 is 2.48 bits per heavy atom. The highest BCUT2D eigenvalue weighted by Gasteiger charge is 2.41. The molecule has 0 bridgehead atoms. The highest BCUT2D eigenvalue weighted by molar-refractivity contribution is 14.0. The van der Waals surface area contributed by atoms with Crippen LogP contribution in [0.4, 0.5) is 5.69 Å². The maximum absolute atomic E-state index is 6.11. The Morgan fingerprint density at radius 1 is 1.16 bits per heavy atom. The lowest BCUT2D eigenvalue weighted by Gasteiger charge is -2.44. The van der Waals surface area contributed by atoms with Crippen molar-refractivity contribution in [2.24, 2.45) is 10.7 Å². The zero-order valence-corrected chi connectivity index (χ0v) is 17.1. The van der Waals surface area contributed by atoms with Crippen molar-refractivity contribution in [3.63, 3.8) is 0 Å². The van der Waals surface area contributed by atoms with Gasteiger partial charge in [0, 0.05) is 18.4 Å². The molecule has 2 aromatic carbocycles. The van der Waals surface area contributed by atoms with E-state index in [0.717, 1.165) is 24.1 Å². The SMILES string of the molecule is COCc1ccccc1NC(N)=NC1CC(C)(c2ccccc2)C1.I. The van der Waals surface area contributed by atoms with E-state index in [1.165, 1.54) is 5.56 Å². The van der Waals surface area contributed by atoms with Crippen LogP contribution < -0.4 is 11.1 Å². The van der Waals surface area contributed by atoms with Gasteiger partial charge in [0.1, 0.15) is 0 Å². The molecule has 1 aliphatic carbocycles. The Balaban J connectivity index is 0.00000225. The Hall–Kier alpha value is -1.60. The van der Waals surface area contributed by atoms with Crippen molar-refractivity contribution in [1.82, 2.24) is 0 Å². The maximum Gasteiger partial charge on any atom is 0.193 e.